The minimum atomic E-state index is 0.359. The van der Waals surface area contributed by atoms with Gasteiger partial charge in [0.2, 0.25) is 5.95 Å². The van der Waals surface area contributed by atoms with Crippen LogP contribution in [0.4, 0.5) is 5.95 Å². The molecular weight excluding hydrogens is 290 g/mol. The first kappa shape index (κ1) is 13.1. The van der Waals surface area contributed by atoms with Gasteiger partial charge in [-0.2, -0.15) is 0 Å². The smallest absolute Gasteiger partial charge is 0.207 e. The van der Waals surface area contributed by atoms with Gasteiger partial charge in [-0.3, -0.25) is 4.57 Å². The number of benzene rings is 1. The summed E-state index contributed by atoms with van der Waals surface area (Å²) in [6.45, 7) is 8.34. The highest BCUT2D eigenvalue weighted by molar-refractivity contribution is 9.10. The van der Waals surface area contributed by atoms with Crippen molar-refractivity contribution in [2.75, 3.05) is 5.32 Å². The maximum absolute atomic E-state index is 4.53. The predicted octanol–water partition coefficient (Wildman–Crippen LogP) is 4.07. The van der Waals surface area contributed by atoms with Crippen LogP contribution in [-0.4, -0.2) is 15.6 Å². The molecule has 0 aliphatic carbocycles. The maximum atomic E-state index is 4.53. The van der Waals surface area contributed by atoms with Gasteiger partial charge in [0.1, 0.15) is 0 Å². The molecule has 0 radical (unpaired) electrons. The quantitative estimate of drug-likeness (QED) is 0.926. The molecule has 0 unspecified atom stereocenters. The maximum Gasteiger partial charge on any atom is 0.207 e. The Labute approximate surface area is 116 Å². The van der Waals surface area contributed by atoms with E-state index in [2.05, 4.69) is 76.0 Å². The van der Waals surface area contributed by atoms with Crippen LogP contribution in [0.2, 0.25) is 0 Å². The fraction of sp³-hybridized carbons (Fsp3) is 0.357. The van der Waals surface area contributed by atoms with Crippen LogP contribution in [0.3, 0.4) is 0 Å². The van der Waals surface area contributed by atoms with Gasteiger partial charge in [-0.25, -0.2) is 4.98 Å². The molecule has 18 heavy (non-hydrogen) atoms. The average molecular weight is 308 g/mol. The molecule has 0 saturated heterocycles. The van der Waals surface area contributed by atoms with E-state index < -0.39 is 0 Å². The van der Waals surface area contributed by atoms with Crippen LogP contribution in [0.5, 0.6) is 0 Å². The van der Waals surface area contributed by atoms with E-state index in [0.29, 0.717) is 6.04 Å². The summed E-state index contributed by atoms with van der Waals surface area (Å²) in [4.78, 5) is 4.53. The van der Waals surface area contributed by atoms with Crippen molar-refractivity contribution < 1.29 is 0 Å². The zero-order valence-electron chi connectivity index (χ0n) is 11.2. The fourth-order valence-electron chi connectivity index (χ4n) is 1.88. The standard InChI is InChI=1S/C14H18BrN3/c1-9(2)16-14-17-11(4)8-18(14)13-7-12(15)6-5-10(13)3/h5-9H,1-4H3,(H,16,17). The van der Waals surface area contributed by atoms with Gasteiger partial charge in [0.15, 0.2) is 0 Å². The van der Waals surface area contributed by atoms with Crippen molar-refractivity contribution >= 4 is 21.9 Å². The van der Waals surface area contributed by atoms with Crippen molar-refractivity contribution in [3.05, 3.63) is 40.1 Å². The van der Waals surface area contributed by atoms with Crippen LogP contribution in [0.15, 0.2) is 28.9 Å². The second-order valence-electron chi connectivity index (χ2n) is 4.81. The summed E-state index contributed by atoms with van der Waals surface area (Å²) >= 11 is 3.52. The van der Waals surface area contributed by atoms with Gasteiger partial charge in [0, 0.05) is 16.7 Å². The fourth-order valence-corrected chi connectivity index (χ4v) is 2.23. The van der Waals surface area contributed by atoms with Crippen molar-refractivity contribution in [3.8, 4) is 5.69 Å². The van der Waals surface area contributed by atoms with E-state index in [9.17, 15) is 0 Å². The SMILES string of the molecule is Cc1cn(-c2cc(Br)ccc2C)c(NC(C)C)n1. The molecule has 1 heterocycles. The lowest BCUT2D eigenvalue weighted by Crippen LogP contribution is -2.14. The minimum absolute atomic E-state index is 0.359. The predicted molar refractivity (Wildman–Crippen MR) is 79.5 cm³/mol. The number of rotatable bonds is 3. The van der Waals surface area contributed by atoms with E-state index >= 15 is 0 Å². The molecule has 0 fully saturated rings. The molecule has 96 valence electrons. The highest BCUT2D eigenvalue weighted by Crippen LogP contribution is 2.24. The van der Waals surface area contributed by atoms with Crippen molar-refractivity contribution in [2.24, 2.45) is 0 Å². The summed E-state index contributed by atoms with van der Waals surface area (Å²) in [7, 11) is 0. The second-order valence-corrected chi connectivity index (χ2v) is 5.72. The Morgan fingerprint density at radius 1 is 1.28 bits per heavy atom. The summed E-state index contributed by atoms with van der Waals surface area (Å²) in [5, 5.41) is 3.38. The summed E-state index contributed by atoms with van der Waals surface area (Å²) in [5.74, 6) is 0.892. The summed E-state index contributed by atoms with van der Waals surface area (Å²) in [5.41, 5.74) is 3.38. The second kappa shape index (κ2) is 5.14. The highest BCUT2D eigenvalue weighted by Gasteiger charge is 2.10. The van der Waals surface area contributed by atoms with Crippen molar-refractivity contribution in [2.45, 2.75) is 33.7 Å². The zero-order chi connectivity index (χ0) is 13.3. The van der Waals surface area contributed by atoms with Gasteiger partial charge in [0.05, 0.1) is 11.4 Å². The summed E-state index contributed by atoms with van der Waals surface area (Å²) < 4.78 is 3.18. The Kier molecular flexibility index (Phi) is 3.76. The van der Waals surface area contributed by atoms with Gasteiger partial charge < -0.3 is 5.32 Å². The number of halogens is 1. The molecule has 0 spiro atoms. The Balaban J connectivity index is 2.52. The van der Waals surface area contributed by atoms with Gasteiger partial charge in [0.25, 0.3) is 0 Å². The topological polar surface area (TPSA) is 29.9 Å². The Morgan fingerprint density at radius 3 is 2.67 bits per heavy atom. The van der Waals surface area contributed by atoms with Crippen molar-refractivity contribution in [1.82, 2.24) is 9.55 Å². The van der Waals surface area contributed by atoms with Gasteiger partial charge in [-0.15, -0.1) is 0 Å². The number of imidazole rings is 1. The molecule has 2 aromatic rings. The van der Waals surface area contributed by atoms with Crippen molar-refractivity contribution in [3.63, 3.8) is 0 Å². The molecule has 0 aliphatic rings. The third kappa shape index (κ3) is 2.75. The lowest BCUT2D eigenvalue weighted by Gasteiger charge is -2.14. The average Bonchev–Trinajstić information content (AvgIpc) is 2.62. The minimum Gasteiger partial charge on any atom is -0.353 e. The van der Waals surface area contributed by atoms with E-state index in [4.69, 9.17) is 0 Å². The summed E-state index contributed by atoms with van der Waals surface area (Å²) in [6, 6.07) is 6.63. The van der Waals surface area contributed by atoms with Gasteiger partial charge in [-0.05, 0) is 45.4 Å². The van der Waals surface area contributed by atoms with Crippen LogP contribution in [-0.2, 0) is 0 Å². The lowest BCUT2D eigenvalue weighted by molar-refractivity contribution is 0.862. The van der Waals surface area contributed by atoms with Crippen LogP contribution in [0, 0.1) is 13.8 Å². The van der Waals surface area contributed by atoms with E-state index in [0.717, 1.165) is 21.8 Å². The van der Waals surface area contributed by atoms with Gasteiger partial charge >= 0.3 is 0 Å². The Morgan fingerprint density at radius 2 is 2.00 bits per heavy atom. The Bertz CT molecular complexity index is 558. The molecule has 0 amide bonds. The molecule has 1 aromatic heterocycles. The molecule has 0 atom stereocenters. The number of aryl methyl sites for hydroxylation is 2. The third-order valence-corrected chi connectivity index (χ3v) is 3.17. The lowest BCUT2D eigenvalue weighted by atomic mass is 10.2. The van der Waals surface area contributed by atoms with E-state index in [1.807, 2.05) is 6.92 Å². The van der Waals surface area contributed by atoms with Crippen LogP contribution < -0.4 is 5.32 Å². The third-order valence-electron chi connectivity index (χ3n) is 2.67. The molecule has 2 rings (SSSR count). The molecule has 0 saturated carbocycles. The van der Waals surface area contributed by atoms with Crippen LogP contribution >= 0.6 is 15.9 Å². The first-order valence-electron chi connectivity index (χ1n) is 6.06. The molecule has 1 aromatic carbocycles. The van der Waals surface area contributed by atoms with Crippen molar-refractivity contribution in [1.29, 1.82) is 0 Å². The molecule has 4 heteroatoms. The molecule has 1 N–H and O–H groups in total. The van der Waals surface area contributed by atoms with E-state index in [-0.39, 0.29) is 0 Å². The molecule has 3 nitrogen and oxygen atoms in total. The van der Waals surface area contributed by atoms with Gasteiger partial charge in [-0.1, -0.05) is 22.0 Å². The number of hydrogen-bond donors (Lipinski definition) is 1. The first-order valence-corrected chi connectivity index (χ1v) is 6.85. The number of hydrogen-bond acceptors (Lipinski definition) is 2. The molecular formula is C14H18BrN3. The highest BCUT2D eigenvalue weighted by atomic mass is 79.9. The monoisotopic (exact) mass is 307 g/mol. The van der Waals surface area contributed by atoms with E-state index in [1.165, 1.54) is 5.56 Å². The number of anilines is 1. The van der Waals surface area contributed by atoms with Crippen LogP contribution in [0.1, 0.15) is 25.1 Å². The number of nitrogens with zero attached hydrogens (tertiary/aromatic N) is 2. The number of aromatic nitrogens is 2. The normalized spacial score (nSPS) is 11.0. The number of nitrogens with one attached hydrogen (secondary N) is 1. The Hall–Kier alpha value is -1.29. The van der Waals surface area contributed by atoms with Crippen LogP contribution in [0.25, 0.3) is 5.69 Å². The largest absolute Gasteiger partial charge is 0.353 e. The zero-order valence-corrected chi connectivity index (χ0v) is 12.7. The summed E-state index contributed by atoms with van der Waals surface area (Å²) in [6.07, 6.45) is 2.06. The van der Waals surface area contributed by atoms with E-state index in [1.54, 1.807) is 0 Å². The first-order chi connectivity index (χ1) is 8.47. The molecule has 0 bridgehead atoms. The molecule has 0 aliphatic heterocycles.